The summed E-state index contributed by atoms with van der Waals surface area (Å²) in [5, 5.41) is 9.27. The molecule has 5 heteroatoms. The summed E-state index contributed by atoms with van der Waals surface area (Å²) in [6.07, 6.45) is 2.52. The van der Waals surface area contributed by atoms with E-state index in [9.17, 15) is 4.79 Å². The highest BCUT2D eigenvalue weighted by Gasteiger charge is 2.08. The Labute approximate surface area is 110 Å². The molecule has 0 atom stereocenters. The number of halogens is 1. The lowest BCUT2D eigenvalue weighted by Gasteiger charge is -2.01. The van der Waals surface area contributed by atoms with Crippen molar-refractivity contribution < 1.29 is 9.90 Å². The molecule has 0 bridgehead atoms. The van der Waals surface area contributed by atoms with Gasteiger partial charge in [-0.25, -0.2) is 4.98 Å². The third-order valence-corrected chi connectivity index (χ3v) is 3.21. The molecule has 0 radical (unpaired) electrons. The molecule has 0 saturated carbocycles. The van der Waals surface area contributed by atoms with Crippen LogP contribution < -0.4 is 0 Å². The number of fused-ring (bicyclic) bond motifs is 1. The second-order valence-electron chi connectivity index (χ2n) is 4.32. The number of unbranched alkanes of at least 4 members (excludes halogenated alkanes) is 1. The summed E-state index contributed by atoms with van der Waals surface area (Å²) in [7, 11) is 1.96. The zero-order chi connectivity index (χ0) is 13.1. The van der Waals surface area contributed by atoms with E-state index in [1.807, 2.05) is 29.8 Å². The van der Waals surface area contributed by atoms with Gasteiger partial charge in [0, 0.05) is 24.9 Å². The maximum Gasteiger partial charge on any atom is 0.303 e. The second kappa shape index (κ2) is 5.40. The molecule has 4 nitrogen and oxygen atoms in total. The summed E-state index contributed by atoms with van der Waals surface area (Å²) < 4.78 is 2.02. The van der Waals surface area contributed by atoms with Crippen LogP contribution in [0.2, 0.25) is 5.02 Å². The Bertz CT molecular complexity index is 578. The monoisotopic (exact) mass is 266 g/mol. The SMILES string of the molecule is Cn1c(CCCCC(=O)O)nc2ccc(Cl)cc21. The first-order valence-electron chi connectivity index (χ1n) is 5.90. The minimum atomic E-state index is -0.744. The number of carbonyl (C=O) groups is 1. The lowest BCUT2D eigenvalue weighted by atomic mass is 10.2. The number of carboxylic acid groups (broad SMARTS) is 1. The van der Waals surface area contributed by atoms with E-state index in [-0.39, 0.29) is 6.42 Å². The van der Waals surface area contributed by atoms with Gasteiger partial charge in [0.1, 0.15) is 5.82 Å². The Hall–Kier alpha value is -1.55. The van der Waals surface area contributed by atoms with Crippen molar-refractivity contribution in [2.75, 3.05) is 0 Å². The molecule has 1 aromatic carbocycles. The molecule has 0 amide bonds. The molecule has 1 heterocycles. The highest BCUT2D eigenvalue weighted by molar-refractivity contribution is 6.31. The smallest absolute Gasteiger partial charge is 0.303 e. The fourth-order valence-electron chi connectivity index (χ4n) is 2.00. The largest absolute Gasteiger partial charge is 0.481 e. The maximum atomic E-state index is 10.4. The molecular weight excluding hydrogens is 252 g/mol. The van der Waals surface area contributed by atoms with Gasteiger partial charge in [-0.2, -0.15) is 0 Å². The van der Waals surface area contributed by atoms with Gasteiger partial charge in [0.15, 0.2) is 0 Å². The van der Waals surface area contributed by atoms with E-state index in [1.54, 1.807) is 0 Å². The molecule has 0 aliphatic rings. The zero-order valence-electron chi connectivity index (χ0n) is 10.2. The second-order valence-corrected chi connectivity index (χ2v) is 4.76. The Morgan fingerprint density at radius 2 is 2.22 bits per heavy atom. The zero-order valence-corrected chi connectivity index (χ0v) is 10.9. The van der Waals surface area contributed by atoms with Gasteiger partial charge in [-0.05, 0) is 31.0 Å². The predicted molar refractivity (Wildman–Crippen MR) is 70.9 cm³/mol. The minimum Gasteiger partial charge on any atom is -0.481 e. The Morgan fingerprint density at radius 1 is 1.44 bits per heavy atom. The number of hydrogen-bond donors (Lipinski definition) is 1. The quantitative estimate of drug-likeness (QED) is 0.847. The van der Waals surface area contributed by atoms with Crippen LogP contribution in [0, 0.1) is 0 Å². The molecule has 0 fully saturated rings. The van der Waals surface area contributed by atoms with Crippen LogP contribution in [0.15, 0.2) is 18.2 Å². The van der Waals surface area contributed by atoms with E-state index < -0.39 is 5.97 Å². The van der Waals surface area contributed by atoms with E-state index in [2.05, 4.69) is 4.98 Å². The molecule has 0 saturated heterocycles. The third kappa shape index (κ3) is 2.82. The van der Waals surface area contributed by atoms with Gasteiger partial charge in [0.2, 0.25) is 0 Å². The van der Waals surface area contributed by atoms with E-state index in [1.165, 1.54) is 0 Å². The third-order valence-electron chi connectivity index (χ3n) is 2.98. The topological polar surface area (TPSA) is 55.1 Å². The van der Waals surface area contributed by atoms with Gasteiger partial charge >= 0.3 is 5.97 Å². The number of hydrogen-bond acceptors (Lipinski definition) is 2. The molecule has 0 aliphatic heterocycles. The van der Waals surface area contributed by atoms with Gasteiger partial charge in [-0.3, -0.25) is 4.79 Å². The summed E-state index contributed by atoms with van der Waals surface area (Å²) in [5.41, 5.74) is 1.94. The number of imidazole rings is 1. The number of aliphatic carboxylic acids is 1. The fraction of sp³-hybridized carbons (Fsp3) is 0.385. The fourth-order valence-corrected chi connectivity index (χ4v) is 2.16. The summed E-state index contributed by atoms with van der Waals surface area (Å²) >= 11 is 5.96. The molecule has 0 spiro atoms. The highest BCUT2D eigenvalue weighted by atomic mass is 35.5. The average Bonchev–Trinajstić information content (AvgIpc) is 2.62. The van der Waals surface area contributed by atoms with Crippen LogP contribution in [0.3, 0.4) is 0 Å². The van der Waals surface area contributed by atoms with Crippen LogP contribution in [0.25, 0.3) is 11.0 Å². The van der Waals surface area contributed by atoms with E-state index in [0.717, 1.165) is 29.7 Å². The first-order valence-corrected chi connectivity index (χ1v) is 6.28. The first kappa shape index (κ1) is 12.9. The number of aromatic nitrogens is 2. The van der Waals surface area contributed by atoms with Gasteiger partial charge in [-0.15, -0.1) is 0 Å². The summed E-state index contributed by atoms with van der Waals surface area (Å²) in [6.45, 7) is 0. The predicted octanol–water partition coefficient (Wildman–Crippen LogP) is 3.02. The molecule has 2 aromatic rings. The van der Waals surface area contributed by atoms with Crippen LogP contribution >= 0.6 is 11.6 Å². The molecule has 96 valence electrons. The summed E-state index contributed by atoms with van der Waals surface area (Å²) in [5.74, 6) is 0.226. The lowest BCUT2D eigenvalue weighted by molar-refractivity contribution is -0.137. The van der Waals surface area contributed by atoms with E-state index in [0.29, 0.717) is 11.4 Å². The number of aryl methyl sites for hydroxylation is 2. The molecule has 1 N–H and O–H groups in total. The maximum absolute atomic E-state index is 10.4. The number of nitrogens with zero attached hydrogens (tertiary/aromatic N) is 2. The Balaban J connectivity index is 2.09. The van der Waals surface area contributed by atoms with Crippen LogP contribution in [0.4, 0.5) is 0 Å². The van der Waals surface area contributed by atoms with Crippen molar-refractivity contribution in [2.24, 2.45) is 7.05 Å². The van der Waals surface area contributed by atoms with E-state index in [4.69, 9.17) is 16.7 Å². The first-order chi connectivity index (χ1) is 8.58. The van der Waals surface area contributed by atoms with Crippen LogP contribution in [-0.2, 0) is 18.3 Å². The van der Waals surface area contributed by atoms with Gasteiger partial charge in [-0.1, -0.05) is 11.6 Å². The lowest BCUT2D eigenvalue weighted by Crippen LogP contribution is -1.99. The minimum absolute atomic E-state index is 0.218. The van der Waals surface area contributed by atoms with Crippen LogP contribution in [0.5, 0.6) is 0 Å². The molecule has 0 aliphatic carbocycles. The summed E-state index contributed by atoms with van der Waals surface area (Å²) in [4.78, 5) is 14.9. The van der Waals surface area contributed by atoms with E-state index >= 15 is 0 Å². The van der Waals surface area contributed by atoms with Crippen molar-refractivity contribution >= 4 is 28.6 Å². The molecular formula is C13H15ClN2O2. The number of rotatable bonds is 5. The van der Waals surface area contributed by atoms with Crippen molar-refractivity contribution in [2.45, 2.75) is 25.7 Å². The molecule has 2 rings (SSSR count). The van der Waals surface area contributed by atoms with Crippen molar-refractivity contribution in [1.82, 2.24) is 9.55 Å². The van der Waals surface area contributed by atoms with Crippen molar-refractivity contribution in [3.63, 3.8) is 0 Å². The normalized spacial score (nSPS) is 11.0. The number of benzene rings is 1. The van der Waals surface area contributed by atoms with Crippen molar-refractivity contribution in [3.05, 3.63) is 29.0 Å². The highest BCUT2D eigenvalue weighted by Crippen LogP contribution is 2.20. The van der Waals surface area contributed by atoms with Crippen molar-refractivity contribution in [3.8, 4) is 0 Å². The molecule has 18 heavy (non-hydrogen) atoms. The summed E-state index contributed by atoms with van der Waals surface area (Å²) in [6, 6.07) is 5.62. The average molecular weight is 267 g/mol. The Morgan fingerprint density at radius 3 is 2.94 bits per heavy atom. The molecule has 0 unspecified atom stereocenters. The Kier molecular flexibility index (Phi) is 3.87. The molecule has 1 aromatic heterocycles. The van der Waals surface area contributed by atoms with Crippen LogP contribution in [0.1, 0.15) is 25.1 Å². The van der Waals surface area contributed by atoms with Crippen LogP contribution in [-0.4, -0.2) is 20.6 Å². The standard InChI is InChI=1S/C13H15ClN2O2/c1-16-11-8-9(14)6-7-10(11)15-12(16)4-2-3-5-13(17)18/h6-8H,2-5H2,1H3,(H,17,18). The van der Waals surface area contributed by atoms with Crippen molar-refractivity contribution in [1.29, 1.82) is 0 Å². The van der Waals surface area contributed by atoms with Gasteiger partial charge in [0.25, 0.3) is 0 Å². The van der Waals surface area contributed by atoms with Gasteiger partial charge in [0.05, 0.1) is 11.0 Å². The number of carboxylic acids is 1. The van der Waals surface area contributed by atoms with Gasteiger partial charge < -0.3 is 9.67 Å².